The number of fused-ring (bicyclic) bond motifs is 3. The van der Waals surface area contributed by atoms with Crippen molar-refractivity contribution >= 4 is 5.78 Å². The Morgan fingerprint density at radius 2 is 2.23 bits per heavy atom. The summed E-state index contributed by atoms with van der Waals surface area (Å²) in [5.41, 5.74) is 2.17. The second-order valence-corrected chi connectivity index (χ2v) is 5.62. The largest absolute Gasteiger partial charge is 0.295 e. The average Bonchev–Trinajstić information content (AvgIpc) is 2.60. The molecule has 0 radical (unpaired) electrons. The SMILES string of the molecule is C[C@]12CC[C@@H]3C[C@]3(C)C1=CC(=O)C2. The zero-order valence-electron chi connectivity index (χ0n) is 8.39. The van der Waals surface area contributed by atoms with Gasteiger partial charge in [0.25, 0.3) is 0 Å². The maximum Gasteiger partial charge on any atom is 0.156 e. The van der Waals surface area contributed by atoms with E-state index in [9.17, 15) is 4.79 Å². The first-order chi connectivity index (χ1) is 6.05. The van der Waals surface area contributed by atoms with Crippen LogP contribution < -0.4 is 0 Å². The van der Waals surface area contributed by atoms with Crippen molar-refractivity contribution < 1.29 is 4.79 Å². The molecule has 2 saturated carbocycles. The van der Waals surface area contributed by atoms with Crippen molar-refractivity contribution in [2.45, 2.75) is 39.5 Å². The van der Waals surface area contributed by atoms with Gasteiger partial charge in [-0.05, 0) is 42.1 Å². The van der Waals surface area contributed by atoms with Crippen LogP contribution >= 0.6 is 0 Å². The molecular formula is C12H16O. The van der Waals surface area contributed by atoms with Crippen LogP contribution in [0.25, 0.3) is 0 Å². The van der Waals surface area contributed by atoms with Crippen LogP contribution in [0.2, 0.25) is 0 Å². The summed E-state index contributed by atoms with van der Waals surface area (Å²) in [4.78, 5) is 11.4. The molecule has 3 atom stereocenters. The molecule has 3 aliphatic rings. The summed E-state index contributed by atoms with van der Waals surface area (Å²) in [5, 5.41) is 0. The minimum absolute atomic E-state index is 0.249. The highest BCUT2D eigenvalue weighted by atomic mass is 16.1. The molecule has 1 heteroatoms. The van der Waals surface area contributed by atoms with Gasteiger partial charge in [-0.3, -0.25) is 4.79 Å². The molecular weight excluding hydrogens is 160 g/mol. The maximum absolute atomic E-state index is 11.4. The average molecular weight is 176 g/mol. The Labute approximate surface area is 79.2 Å². The normalized spacial score (nSPS) is 52.6. The van der Waals surface area contributed by atoms with Gasteiger partial charge in [-0.1, -0.05) is 19.4 Å². The second-order valence-electron chi connectivity index (χ2n) is 5.62. The van der Waals surface area contributed by atoms with Gasteiger partial charge in [0.05, 0.1) is 0 Å². The van der Waals surface area contributed by atoms with E-state index in [-0.39, 0.29) is 5.41 Å². The fourth-order valence-corrected chi connectivity index (χ4v) is 3.64. The number of ketones is 1. The number of rotatable bonds is 0. The van der Waals surface area contributed by atoms with Crippen molar-refractivity contribution in [1.82, 2.24) is 0 Å². The predicted molar refractivity (Wildman–Crippen MR) is 51.3 cm³/mol. The second kappa shape index (κ2) is 1.92. The highest BCUT2D eigenvalue weighted by Gasteiger charge is 2.61. The van der Waals surface area contributed by atoms with E-state index in [1.807, 2.05) is 6.08 Å². The minimum atomic E-state index is 0.249. The standard InChI is InChI=1S/C12H16O/c1-11-4-3-8-6-12(8,2)10(11)5-9(13)7-11/h5,8H,3-4,6-7H2,1-2H3/t8-,11-,12+/m1/s1. The maximum atomic E-state index is 11.4. The number of carbonyl (C=O) groups excluding carboxylic acids is 1. The van der Waals surface area contributed by atoms with E-state index in [0.29, 0.717) is 11.2 Å². The minimum Gasteiger partial charge on any atom is -0.295 e. The van der Waals surface area contributed by atoms with Crippen molar-refractivity contribution in [2.24, 2.45) is 16.7 Å². The molecule has 70 valence electrons. The van der Waals surface area contributed by atoms with Gasteiger partial charge >= 0.3 is 0 Å². The molecule has 0 aromatic heterocycles. The van der Waals surface area contributed by atoms with E-state index >= 15 is 0 Å². The molecule has 0 spiro atoms. The van der Waals surface area contributed by atoms with Crippen molar-refractivity contribution in [1.29, 1.82) is 0 Å². The molecule has 3 aliphatic carbocycles. The Kier molecular flexibility index (Phi) is 1.15. The van der Waals surface area contributed by atoms with Gasteiger partial charge in [-0.25, -0.2) is 0 Å². The lowest BCUT2D eigenvalue weighted by molar-refractivity contribution is -0.115. The van der Waals surface area contributed by atoms with Crippen LogP contribution in [0.1, 0.15) is 39.5 Å². The Morgan fingerprint density at radius 1 is 1.46 bits per heavy atom. The van der Waals surface area contributed by atoms with Crippen molar-refractivity contribution in [3.63, 3.8) is 0 Å². The topological polar surface area (TPSA) is 17.1 Å². The van der Waals surface area contributed by atoms with Gasteiger partial charge in [0.15, 0.2) is 5.78 Å². The number of hydrogen-bond acceptors (Lipinski definition) is 1. The molecule has 0 unspecified atom stereocenters. The zero-order chi connectivity index (χ0) is 9.27. The van der Waals surface area contributed by atoms with Gasteiger partial charge in [0, 0.05) is 6.42 Å². The quantitative estimate of drug-likeness (QED) is 0.554. The Hall–Kier alpha value is -0.590. The Balaban J connectivity index is 2.09. The lowest BCUT2D eigenvalue weighted by Gasteiger charge is -2.36. The van der Waals surface area contributed by atoms with Gasteiger partial charge < -0.3 is 0 Å². The molecule has 2 fully saturated rings. The summed E-state index contributed by atoms with van der Waals surface area (Å²) in [6, 6.07) is 0. The molecule has 0 saturated heterocycles. The van der Waals surface area contributed by atoms with E-state index in [2.05, 4.69) is 13.8 Å². The molecule has 0 amide bonds. The third-order valence-electron chi connectivity index (χ3n) is 4.59. The van der Waals surface area contributed by atoms with Gasteiger partial charge in [0.2, 0.25) is 0 Å². The third kappa shape index (κ3) is 0.806. The molecule has 0 aliphatic heterocycles. The summed E-state index contributed by atoms with van der Waals surface area (Å²) in [7, 11) is 0. The smallest absolute Gasteiger partial charge is 0.156 e. The molecule has 13 heavy (non-hydrogen) atoms. The van der Waals surface area contributed by atoms with E-state index in [1.165, 1.54) is 24.8 Å². The third-order valence-corrected chi connectivity index (χ3v) is 4.59. The highest BCUT2D eigenvalue weighted by Crippen LogP contribution is 2.70. The molecule has 1 nitrogen and oxygen atoms in total. The molecule has 0 aromatic rings. The van der Waals surface area contributed by atoms with Crippen molar-refractivity contribution in [3.05, 3.63) is 11.6 Å². The van der Waals surface area contributed by atoms with Crippen LogP contribution in [-0.2, 0) is 4.79 Å². The fourth-order valence-electron chi connectivity index (χ4n) is 3.64. The molecule has 0 aromatic carbocycles. The van der Waals surface area contributed by atoms with Gasteiger partial charge in [-0.15, -0.1) is 0 Å². The molecule has 0 N–H and O–H groups in total. The van der Waals surface area contributed by atoms with Crippen LogP contribution in [0.4, 0.5) is 0 Å². The van der Waals surface area contributed by atoms with Crippen molar-refractivity contribution in [2.75, 3.05) is 0 Å². The Bertz CT molecular complexity index is 328. The van der Waals surface area contributed by atoms with Crippen LogP contribution in [-0.4, -0.2) is 5.78 Å². The van der Waals surface area contributed by atoms with Crippen LogP contribution in [0.15, 0.2) is 11.6 Å². The van der Waals surface area contributed by atoms with Crippen molar-refractivity contribution in [3.8, 4) is 0 Å². The first-order valence-corrected chi connectivity index (χ1v) is 5.30. The highest BCUT2D eigenvalue weighted by molar-refractivity contribution is 5.95. The fraction of sp³-hybridized carbons (Fsp3) is 0.750. The summed E-state index contributed by atoms with van der Waals surface area (Å²) in [6.07, 6.45) is 6.66. The van der Waals surface area contributed by atoms with E-state index in [0.717, 1.165) is 12.3 Å². The first kappa shape index (κ1) is 7.78. The van der Waals surface area contributed by atoms with Gasteiger partial charge in [0.1, 0.15) is 0 Å². The summed E-state index contributed by atoms with van der Waals surface area (Å²) < 4.78 is 0. The van der Waals surface area contributed by atoms with E-state index < -0.39 is 0 Å². The lowest BCUT2D eigenvalue weighted by Crippen LogP contribution is -2.26. The summed E-state index contributed by atoms with van der Waals surface area (Å²) in [6.45, 7) is 4.63. The first-order valence-electron chi connectivity index (χ1n) is 5.30. The molecule has 0 bridgehead atoms. The van der Waals surface area contributed by atoms with E-state index in [4.69, 9.17) is 0 Å². The molecule has 0 heterocycles. The van der Waals surface area contributed by atoms with Crippen LogP contribution in [0, 0.1) is 16.7 Å². The number of carbonyl (C=O) groups is 1. The summed E-state index contributed by atoms with van der Waals surface area (Å²) >= 11 is 0. The number of hydrogen-bond donors (Lipinski definition) is 0. The van der Waals surface area contributed by atoms with Crippen LogP contribution in [0.5, 0.6) is 0 Å². The van der Waals surface area contributed by atoms with Gasteiger partial charge in [-0.2, -0.15) is 0 Å². The number of allylic oxidation sites excluding steroid dienone is 2. The lowest BCUT2D eigenvalue weighted by atomic mass is 9.68. The van der Waals surface area contributed by atoms with Crippen LogP contribution in [0.3, 0.4) is 0 Å². The zero-order valence-corrected chi connectivity index (χ0v) is 8.39. The van der Waals surface area contributed by atoms with E-state index in [1.54, 1.807) is 0 Å². The predicted octanol–water partition coefficient (Wildman–Crippen LogP) is 2.71. The Morgan fingerprint density at radius 3 is 3.00 bits per heavy atom. The monoisotopic (exact) mass is 176 g/mol. The molecule has 3 rings (SSSR count). The summed E-state index contributed by atoms with van der Waals surface area (Å²) in [5.74, 6) is 1.27.